The number of amides is 4. The van der Waals surface area contributed by atoms with Crippen molar-refractivity contribution in [1.82, 2.24) is 10.2 Å². The lowest BCUT2D eigenvalue weighted by Gasteiger charge is -2.27. The zero-order chi connectivity index (χ0) is 19.8. The average molecular weight is 398 g/mol. The van der Waals surface area contributed by atoms with Gasteiger partial charge in [-0.25, -0.2) is 0 Å². The first kappa shape index (κ1) is 18.2. The zero-order valence-electron chi connectivity index (χ0n) is 14.7. The molecule has 28 heavy (non-hydrogen) atoms. The van der Waals surface area contributed by atoms with E-state index < -0.39 is 29.7 Å². The minimum Gasteiger partial charge on any atom is -0.381 e. The highest BCUT2D eigenvalue weighted by atomic mass is 35.5. The highest BCUT2D eigenvalue weighted by Gasteiger charge is 2.44. The molecule has 1 unspecified atom stereocenters. The van der Waals surface area contributed by atoms with Crippen molar-refractivity contribution >= 4 is 40.9 Å². The van der Waals surface area contributed by atoms with Gasteiger partial charge < -0.3 is 5.32 Å². The lowest BCUT2D eigenvalue weighted by molar-refractivity contribution is -0.136. The van der Waals surface area contributed by atoms with Gasteiger partial charge in [-0.2, -0.15) is 0 Å². The molecule has 8 heteroatoms. The molecule has 0 bridgehead atoms. The summed E-state index contributed by atoms with van der Waals surface area (Å²) in [5.74, 6) is -2.06. The third-order valence-electron chi connectivity index (χ3n) is 4.83. The molecule has 0 saturated carbocycles. The van der Waals surface area contributed by atoms with Crippen LogP contribution >= 0.6 is 11.6 Å². The number of imide groups is 2. The molecule has 142 valence electrons. The average Bonchev–Trinajstić information content (AvgIpc) is 2.91. The van der Waals surface area contributed by atoms with E-state index in [1.54, 1.807) is 24.3 Å². The SMILES string of the molecule is O=C1CCC(N2C(=O)c3ccc(NCc4cccc(Cl)c4)cc3C2=O)C(=O)N1. The minimum atomic E-state index is -0.965. The lowest BCUT2D eigenvalue weighted by Crippen LogP contribution is -2.54. The number of halogens is 1. The number of piperidine rings is 1. The Morgan fingerprint density at radius 1 is 1.04 bits per heavy atom. The molecule has 2 aromatic rings. The highest BCUT2D eigenvalue weighted by molar-refractivity contribution is 6.30. The predicted octanol–water partition coefficient (Wildman–Crippen LogP) is 2.35. The summed E-state index contributed by atoms with van der Waals surface area (Å²) >= 11 is 5.98. The Morgan fingerprint density at radius 3 is 2.57 bits per heavy atom. The van der Waals surface area contributed by atoms with E-state index in [4.69, 9.17) is 11.6 Å². The van der Waals surface area contributed by atoms with Gasteiger partial charge in [0.05, 0.1) is 11.1 Å². The van der Waals surface area contributed by atoms with E-state index in [0.717, 1.165) is 10.5 Å². The van der Waals surface area contributed by atoms with E-state index in [9.17, 15) is 19.2 Å². The van der Waals surface area contributed by atoms with Crippen LogP contribution in [0.25, 0.3) is 0 Å². The number of hydrogen-bond acceptors (Lipinski definition) is 5. The molecule has 1 fully saturated rings. The van der Waals surface area contributed by atoms with Crippen molar-refractivity contribution in [3.63, 3.8) is 0 Å². The first-order chi connectivity index (χ1) is 13.4. The van der Waals surface area contributed by atoms with E-state index in [0.29, 0.717) is 17.3 Å². The summed E-state index contributed by atoms with van der Waals surface area (Å²) in [6.07, 6.45) is 0.228. The fourth-order valence-electron chi connectivity index (χ4n) is 3.43. The Kier molecular flexibility index (Phi) is 4.60. The molecule has 2 aliphatic heterocycles. The van der Waals surface area contributed by atoms with Crippen molar-refractivity contribution in [2.75, 3.05) is 5.32 Å². The summed E-state index contributed by atoms with van der Waals surface area (Å²) in [6.45, 7) is 0.498. The van der Waals surface area contributed by atoms with Gasteiger partial charge in [-0.05, 0) is 42.3 Å². The van der Waals surface area contributed by atoms with Gasteiger partial charge in [0.15, 0.2) is 0 Å². The van der Waals surface area contributed by atoms with Crippen LogP contribution in [0.15, 0.2) is 42.5 Å². The molecular formula is C20H16ClN3O4. The second kappa shape index (κ2) is 7.09. The van der Waals surface area contributed by atoms with Crippen LogP contribution in [0.4, 0.5) is 5.69 Å². The van der Waals surface area contributed by atoms with E-state index in [-0.39, 0.29) is 24.0 Å². The second-order valence-corrected chi connectivity index (χ2v) is 7.13. The smallest absolute Gasteiger partial charge is 0.262 e. The number of hydrogen-bond donors (Lipinski definition) is 2. The topological polar surface area (TPSA) is 95.6 Å². The molecule has 4 amide bonds. The molecule has 0 aliphatic carbocycles. The van der Waals surface area contributed by atoms with Gasteiger partial charge >= 0.3 is 0 Å². The molecule has 4 rings (SSSR count). The molecule has 0 aromatic heterocycles. The number of carbonyl (C=O) groups is 4. The first-order valence-corrected chi connectivity index (χ1v) is 9.16. The molecule has 1 atom stereocenters. The molecule has 0 spiro atoms. The van der Waals surface area contributed by atoms with Crippen LogP contribution in [0.3, 0.4) is 0 Å². The van der Waals surface area contributed by atoms with Crippen molar-refractivity contribution < 1.29 is 19.2 Å². The normalized spacial score (nSPS) is 18.9. The number of benzene rings is 2. The number of fused-ring (bicyclic) bond motifs is 1. The standard InChI is InChI=1S/C20H16ClN3O4/c21-12-3-1-2-11(8-12)10-22-13-4-5-14-15(9-13)20(28)24(19(14)27)16-6-7-17(25)23-18(16)26/h1-5,8-9,16,22H,6-7,10H2,(H,23,25,26). The summed E-state index contributed by atoms with van der Waals surface area (Å²) in [6, 6.07) is 11.3. The van der Waals surface area contributed by atoms with Crippen LogP contribution in [0, 0.1) is 0 Å². The summed E-state index contributed by atoms with van der Waals surface area (Å²) in [5.41, 5.74) is 2.14. The van der Waals surface area contributed by atoms with E-state index >= 15 is 0 Å². The van der Waals surface area contributed by atoms with Crippen LogP contribution < -0.4 is 10.6 Å². The quantitative estimate of drug-likeness (QED) is 0.772. The van der Waals surface area contributed by atoms with Crippen LogP contribution in [-0.4, -0.2) is 34.6 Å². The number of nitrogens with zero attached hydrogens (tertiary/aromatic N) is 1. The Morgan fingerprint density at radius 2 is 1.82 bits per heavy atom. The number of carbonyl (C=O) groups excluding carboxylic acids is 4. The van der Waals surface area contributed by atoms with E-state index in [1.165, 1.54) is 0 Å². The zero-order valence-corrected chi connectivity index (χ0v) is 15.5. The van der Waals surface area contributed by atoms with E-state index in [2.05, 4.69) is 10.6 Å². The maximum atomic E-state index is 12.8. The molecule has 1 saturated heterocycles. The summed E-state index contributed by atoms with van der Waals surface area (Å²) in [5, 5.41) is 6.01. The minimum absolute atomic E-state index is 0.0935. The summed E-state index contributed by atoms with van der Waals surface area (Å²) in [4.78, 5) is 49.8. The predicted molar refractivity (Wildman–Crippen MR) is 102 cm³/mol. The summed E-state index contributed by atoms with van der Waals surface area (Å²) in [7, 11) is 0. The monoisotopic (exact) mass is 397 g/mol. The van der Waals surface area contributed by atoms with Gasteiger partial charge in [0.25, 0.3) is 11.8 Å². The molecule has 2 aromatic carbocycles. The number of rotatable bonds is 4. The van der Waals surface area contributed by atoms with Gasteiger partial charge in [-0.1, -0.05) is 23.7 Å². The van der Waals surface area contributed by atoms with Gasteiger partial charge in [0.1, 0.15) is 6.04 Å². The largest absolute Gasteiger partial charge is 0.381 e. The molecule has 2 heterocycles. The Labute approximate surface area is 165 Å². The third kappa shape index (κ3) is 3.25. The van der Waals surface area contributed by atoms with Gasteiger partial charge in [-0.15, -0.1) is 0 Å². The molecule has 2 N–H and O–H groups in total. The fourth-order valence-corrected chi connectivity index (χ4v) is 3.64. The molecule has 0 radical (unpaired) electrons. The van der Waals surface area contributed by atoms with Crippen molar-refractivity contribution in [2.24, 2.45) is 0 Å². The second-order valence-electron chi connectivity index (χ2n) is 6.69. The third-order valence-corrected chi connectivity index (χ3v) is 5.06. The van der Waals surface area contributed by atoms with Gasteiger partial charge in [-0.3, -0.25) is 29.4 Å². The molecule has 7 nitrogen and oxygen atoms in total. The van der Waals surface area contributed by atoms with Crippen LogP contribution in [0.1, 0.15) is 39.1 Å². The van der Waals surface area contributed by atoms with Crippen molar-refractivity contribution in [3.05, 3.63) is 64.2 Å². The maximum Gasteiger partial charge on any atom is 0.262 e. The molecule has 2 aliphatic rings. The van der Waals surface area contributed by atoms with Crippen molar-refractivity contribution in [3.8, 4) is 0 Å². The van der Waals surface area contributed by atoms with Crippen LogP contribution in [0.5, 0.6) is 0 Å². The lowest BCUT2D eigenvalue weighted by atomic mass is 10.0. The highest BCUT2D eigenvalue weighted by Crippen LogP contribution is 2.29. The van der Waals surface area contributed by atoms with Crippen LogP contribution in [-0.2, 0) is 16.1 Å². The Balaban J connectivity index is 1.54. The Hall–Kier alpha value is -3.19. The maximum absolute atomic E-state index is 12.8. The summed E-state index contributed by atoms with van der Waals surface area (Å²) < 4.78 is 0. The fraction of sp³-hybridized carbons (Fsp3) is 0.200. The van der Waals surface area contributed by atoms with E-state index in [1.807, 2.05) is 18.2 Å². The van der Waals surface area contributed by atoms with Crippen LogP contribution in [0.2, 0.25) is 5.02 Å². The number of anilines is 1. The van der Waals surface area contributed by atoms with Crippen molar-refractivity contribution in [1.29, 1.82) is 0 Å². The molecular weight excluding hydrogens is 382 g/mol. The number of nitrogens with one attached hydrogen (secondary N) is 2. The van der Waals surface area contributed by atoms with Crippen molar-refractivity contribution in [2.45, 2.75) is 25.4 Å². The van der Waals surface area contributed by atoms with Gasteiger partial charge in [0.2, 0.25) is 11.8 Å². The Bertz CT molecular complexity index is 1020. The first-order valence-electron chi connectivity index (χ1n) is 8.78. The van der Waals surface area contributed by atoms with Gasteiger partial charge in [0, 0.05) is 23.7 Å².